The lowest BCUT2D eigenvalue weighted by atomic mass is 10.1. The summed E-state index contributed by atoms with van der Waals surface area (Å²) in [5.41, 5.74) is -1.19. The highest BCUT2D eigenvalue weighted by molar-refractivity contribution is 6.21. The van der Waals surface area contributed by atoms with E-state index in [1.165, 1.54) is 0 Å². The number of halogens is 3. The van der Waals surface area contributed by atoms with Gasteiger partial charge in [0.1, 0.15) is 0 Å². The van der Waals surface area contributed by atoms with Gasteiger partial charge in [0.15, 0.2) is 0 Å². The van der Waals surface area contributed by atoms with Crippen molar-refractivity contribution in [2.24, 2.45) is 0 Å². The van der Waals surface area contributed by atoms with Crippen LogP contribution in [-0.4, -0.2) is 11.8 Å². The molecule has 78 valence electrons. The molecule has 1 N–H and O–H groups in total. The molecule has 15 heavy (non-hydrogen) atoms. The molecule has 0 spiro atoms. The van der Waals surface area contributed by atoms with Gasteiger partial charge in [0.05, 0.1) is 16.7 Å². The summed E-state index contributed by atoms with van der Waals surface area (Å²) in [7, 11) is 0. The van der Waals surface area contributed by atoms with Crippen LogP contribution in [-0.2, 0) is 6.18 Å². The maximum atomic E-state index is 12.3. The molecular weight excluding hydrogens is 211 g/mol. The number of hydrogen-bond acceptors (Lipinski definition) is 2. The van der Waals surface area contributed by atoms with Gasteiger partial charge in [-0.2, -0.15) is 13.2 Å². The number of amides is 2. The zero-order valence-electron chi connectivity index (χ0n) is 7.18. The predicted molar refractivity (Wildman–Crippen MR) is 43.2 cm³/mol. The van der Waals surface area contributed by atoms with E-state index in [2.05, 4.69) is 0 Å². The van der Waals surface area contributed by atoms with Crippen LogP contribution in [0.5, 0.6) is 0 Å². The Kier molecular flexibility index (Phi) is 1.82. The van der Waals surface area contributed by atoms with Crippen molar-refractivity contribution in [3.63, 3.8) is 0 Å². The first kappa shape index (κ1) is 9.70. The minimum absolute atomic E-state index is 0.0204. The van der Waals surface area contributed by atoms with Crippen molar-refractivity contribution in [1.29, 1.82) is 0 Å². The van der Waals surface area contributed by atoms with Crippen molar-refractivity contribution in [2.45, 2.75) is 6.18 Å². The first-order valence-corrected chi connectivity index (χ1v) is 3.96. The van der Waals surface area contributed by atoms with E-state index in [1.54, 1.807) is 0 Å². The standard InChI is InChI=1S/C9H4F3NO2/c10-9(11,12)4-1-2-5-6(3-4)8(15)13-7(5)14/h1-3H,(H,13,14,15). The molecule has 0 fully saturated rings. The Hall–Kier alpha value is -1.85. The average Bonchev–Trinajstić information content (AvgIpc) is 2.41. The van der Waals surface area contributed by atoms with E-state index in [0.29, 0.717) is 6.07 Å². The van der Waals surface area contributed by atoms with Crippen molar-refractivity contribution >= 4 is 11.8 Å². The fraction of sp³-hybridized carbons (Fsp3) is 0.111. The molecule has 0 saturated heterocycles. The lowest BCUT2D eigenvalue weighted by Crippen LogP contribution is -2.19. The van der Waals surface area contributed by atoms with Gasteiger partial charge in [0.25, 0.3) is 11.8 Å². The van der Waals surface area contributed by atoms with Crippen molar-refractivity contribution in [3.05, 3.63) is 34.9 Å². The number of carbonyl (C=O) groups excluding carboxylic acids is 2. The summed E-state index contributed by atoms with van der Waals surface area (Å²) in [5, 5.41) is 1.92. The molecule has 0 aliphatic carbocycles. The lowest BCUT2D eigenvalue weighted by Gasteiger charge is -2.06. The summed E-state index contributed by atoms with van der Waals surface area (Å²) >= 11 is 0. The van der Waals surface area contributed by atoms with E-state index < -0.39 is 23.6 Å². The number of benzene rings is 1. The van der Waals surface area contributed by atoms with E-state index in [-0.39, 0.29) is 11.1 Å². The van der Waals surface area contributed by atoms with Gasteiger partial charge >= 0.3 is 6.18 Å². The van der Waals surface area contributed by atoms with Crippen LogP contribution in [0.4, 0.5) is 13.2 Å². The van der Waals surface area contributed by atoms with Gasteiger partial charge in [-0.05, 0) is 18.2 Å². The van der Waals surface area contributed by atoms with Crippen LogP contribution in [0.15, 0.2) is 18.2 Å². The van der Waals surface area contributed by atoms with Gasteiger partial charge in [0, 0.05) is 0 Å². The molecule has 0 atom stereocenters. The van der Waals surface area contributed by atoms with Crippen LogP contribution in [0.2, 0.25) is 0 Å². The molecule has 1 heterocycles. The normalized spacial score (nSPS) is 15.1. The maximum Gasteiger partial charge on any atom is 0.416 e. The Morgan fingerprint density at radius 2 is 1.60 bits per heavy atom. The summed E-state index contributed by atoms with van der Waals surface area (Å²) in [6.45, 7) is 0. The smallest absolute Gasteiger partial charge is 0.288 e. The van der Waals surface area contributed by atoms with Crippen LogP contribution in [0, 0.1) is 0 Å². The molecule has 1 aromatic rings. The Balaban J connectivity index is 2.57. The molecule has 0 saturated carbocycles. The molecule has 2 rings (SSSR count). The first-order valence-electron chi connectivity index (χ1n) is 3.96. The minimum Gasteiger partial charge on any atom is -0.288 e. The Labute approximate surface area is 81.9 Å². The van der Waals surface area contributed by atoms with Crippen LogP contribution >= 0.6 is 0 Å². The minimum atomic E-state index is -4.51. The highest BCUT2D eigenvalue weighted by Gasteiger charge is 2.34. The summed E-state index contributed by atoms with van der Waals surface area (Å²) in [6.07, 6.45) is -4.51. The topological polar surface area (TPSA) is 46.2 Å². The van der Waals surface area contributed by atoms with Gasteiger partial charge in [-0.25, -0.2) is 0 Å². The number of imide groups is 1. The summed E-state index contributed by atoms with van der Waals surface area (Å²) in [4.78, 5) is 22.1. The third-order valence-corrected chi connectivity index (χ3v) is 2.06. The van der Waals surface area contributed by atoms with Gasteiger partial charge in [-0.15, -0.1) is 0 Å². The van der Waals surface area contributed by atoms with Gasteiger partial charge < -0.3 is 0 Å². The third kappa shape index (κ3) is 1.47. The molecular formula is C9H4F3NO2. The predicted octanol–water partition coefficient (Wildman–Crippen LogP) is 1.59. The largest absolute Gasteiger partial charge is 0.416 e. The fourth-order valence-electron chi connectivity index (χ4n) is 1.34. The van der Waals surface area contributed by atoms with Crippen molar-refractivity contribution in [2.75, 3.05) is 0 Å². The molecule has 0 unspecified atom stereocenters. The molecule has 1 aliphatic heterocycles. The lowest BCUT2D eigenvalue weighted by molar-refractivity contribution is -0.137. The Bertz CT molecular complexity index is 465. The quantitative estimate of drug-likeness (QED) is 0.668. The molecule has 0 radical (unpaired) electrons. The van der Waals surface area contributed by atoms with Crippen LogP contribution in [0.25, 0.3) is 0 Å². The molecule has 3 nitrogen and oxygen atoms in total. The second-order valence-corrected chi connectivity index (χ2v) is 3.04. The van der Waals surface area contributed by atoms with E-state index >= 15 is 0 Å². The maximum absolute atomic E-state index is 12.3. The Morgan fingerprint density at radius 1 is 1.00 bits per heavy atom. The molecule has 2 amide bonds. The van der Waals surface area contributed by atoms with Crippen LogP contribution < -0.4 is 5.32 Å². The van der Waals surface area contributed by atoms with E-state index in [1.807, 2.05) is 5.32 Å². The summed E-state index contributed by atoms with van der Waals surface area (Å²) in [6, 6.07) is 2.45. The fourth-order valence-corrected chi connectivity index (χ4v) is 1.34. The zero-order valence-corrected chi connectivity index (χ0v) is 7.18. The number of carbonyl (C=O) groups is 2. The third-order valence-electron chi connectivity index (χ3n) is 2.06. The second-order valence-electron chi connectivity index (χ2n) is 3.04. The number of fused-ring (bicyclic) bond motifs is 1. The molecule has 6 heteroatoms. The highest BCUT2D eigenvalue weighted by atomic mass is 19.4. The molecule has 0 bridgehead atoms. The molecule has 1 aromatic carbocycles. The van der Waals surface area contributed by atoms with Gasteiger partial charge in [-0.1, -0.05) is 0 Å². The number of hydrogen-bond donors (Lipinski definition) is 1. The van der Waals surface area contributed by atoms with Crippen molar-refractivity contribution in [1.82, 2.24) is 5.32 Å². The Morgan fingerprint density at radius 3 is 2.20 bits per heavy atom. The number of alkyl halides is 3. The van der Waals surface area contributed by atoms with Gasteiger partial charge in [-0.3, -0.25) is 14.9 Å². The van der Waals surface area contributed by atoms with Crippen LogP contribution in [0.3, 0.4) is 0 Å². The van der Waals surface area contributed by atoms with Crippen LogP contribution in [0.1, 0.15) is 26.3 Å². The molecule has 1 aliphatic rings. The SMILES string of the molecule is O=C1NC(=O)c2cc(C(F)(F)F)ccc21. The zero-order chi connectivity index (χ0) is 11.2. The van der Waals surface area contributed by atoms with E-state index in [4.69, 9.17) is 0 Å². The number of nitrogens with one attached hydrogen (secondary N) is 1. The monoisotopic (exact) mass is 215 g/mol. The summed E-state index contributed by atoms with van der Waals surface area (Å²) in [5.74, 6) is -1.45. The summed E-state index contributed by atoms with van der Waals surface area (Å²) < 4.78 is 36.8. The van der Waals surface area contributed by atoms with E-state index in [9.17, 15) is 22.8 Å². The van der Waals surface area contributed by atoms with E-state index in [0.717, 1.165) is 12.1 Å². The second kappa shape index (κ2) is 2.82. The van der Waals surface area contributed by atoms with Crippen molar-refractivity contribution in [3.8, 4) is 0 Å². The molecule has 0 aromatic heterocycles. The average molecular weight is 215 g/mol. The first-order chi connectivity index (χ1) is 6.89. The van der Waals surface area contributed by atoms with Gasteiger partial charge in [0.2, 0.25) is 0 Å². The number of rotatable bonds is 0. The van der Waals surface area contributed by atoms with Crippen molar-refractivity contribution < 1.29 is 22.8 Å². The highest BCUT2D eigenvalue weighted by Crippen LogP contribution is 2.31.